The van der Waals surface area contributed by atoms with Crippen LogP contribution in [0.4, 0.5) is 22.7 Å². The molecule has 0 aromatic heterocycles. The van der Waals surface area contributed by atoms with Crippen molar-refractivity contribution in [2.75, 3.05) is 42.8 Å². The maximum atomic E-state index is 12.2. The highest BCUT2D eigenvalue weighted by Gasteiger charge is 2.12. The van der Waals surface area contributed by atoms with Gasteiger partial charge in [-0.25, -0.2) is 0 Å². The van der Waals surface area contributed by atoms with Gasteiger partial charge < -0.3 is 25.8 Å². The molecule has 0 atom stereocenters. The quantitative estimate of drug-likeness (QED) is 0.398. The molecule has 0 aliphatic rings. The van der Waals surface area contributed by atoms with Crippen LogP contribution in [0.25, 0.3) is 0 Å². The van der Waals surface area contributed by atoms with Crippen molar-refractivity contribution in [3.63, 3.8) is 0 Å². The lowest BCUT2D eigenvalue weighted by atomic mass is 10.2. The Balaban J connectivity index is 2.07. The van der Waals surface area contributed by atoms with E-state index >= 15 is 0 Å². The number of hydrogen-bond acceptors (Lipinski definition) is 7. The van der Waals surface area contributed by atoms with Gasteiger partial charge in [0.05, 0.1) is 42.2 Å². The molecule has 4 N–H and O–H groups in total. The Kier molecular flexibility index (Phi) is 6.75. The van der Waals surface area contributed by atoms with Gasteiger partial charge in [0.15, 0.2) is 0 Å². The Morgan fingerprint density at radius 2 is 1.92 bits per heavy atom. The first-order valence-electron chi connectivity index (χ1n) is 7.85. The smallest absolute Gasteiger partial charge is 0.271 e. The third kappa shape index (κ3) is 5.08. The Hall–Kier alpha value is -3.33. The summed E-state index contributed by atoms with van der Waals surface area (Å²) in [7, 11) is 1.51. The Bertz CT molecular complexity index is 781. The van der Waals surface area contributed by atoms with Gasteiger partial charge in [-0.05, 0) is 18.2 Å². The molecule has 0 aliphatic heterocycles. The van der Waals surface area contributed by atoms with Gasteiger partial charge in [0, 0.05) is 18.7 Å². The number of carbonyl (C=O) groups excluding carboxylic acids is 1. The standard InChI is InChI=1S/C17H20N4O5/c1-26-16-5-3-2-4-14(16)20-17(23)11-19-15-10-12(21(24)25)6-7-13(15)18-8-9-22/h2-7,10,18-19,22H,8-9,11H2,1H3,(H,20,23). The average molecular weight is 360 g/mol. The molecule has 138 valence electrons. The molecule has 0 saturated heterocycles. The molecule has 1 amide bonds. The van der Waals surface area contributed by atoms with Gasteiger partial charge in [-0.2, -0.15) is 0 Å². The molecule has 26 heavy (non-hydrogen) atoms. The lowest BCUT2D eigenvalue weighted by Gasteiger charge is -2.14. The van der Waals surface area contributed by atoms with Crippen molar-refractivity contribution < 1.29 is 19.6 Å². The molecule has 9 nitrogen and oxygen atoms in total. The summed E-state index contributed by atoms with van der Waals surface area (Å²) in [6.45, 7) is 0.0810. The van der Waals surface area contributed by atoms with E-state index in [1.165, 1.54) is 25.3 Å². The molecular weight excluding hydrogens is 340 g/mol. The van der Waals surface area contributed by atoms with Crippen LogP contribution in [0, 0.1) is 10.1 Å². The largest absolute Gasteiger partial charge is 0.495 e. The number of nitro groups is 1. The van der Waals surface area contributed by atoms with Crippen LogP contribution in [0.1, 0.15) is 0 Å². The van der Waals surface area contributed by atoms with Crippen LogP contribution in [0.3, 0.4) is 0 Å². The monoisotopic (exact) mass is 360 g/mol. The number of nitrogens with zero attached hydrogens (tertiary/aromatic N) is 1. The average Bonchev–Trinajstić information content (AvgIpc) is 2.65. The van der Waals surface area contributed by atoms with E-state index in [0.29, 0.717) is 22.8 Å². The fraction of sp³-hybridized carbons (Fsp3) is 0.235. The molecule has 0 saturated carbocycles. The SMILES string of the molecule is COc1ccccc1NC(=O)CNc1cc([N+](=O)[O-])ccc1NCCO. The fourth-order valence-corrected chi connectivity index (χ4v) is 2.25. The van der Waals surface area contributed by atoms with Gasteiger partial charge in [-0.3, -0.25) is 14.9 Å². The van der Waals surface area contributed by atoms with Crippen LogP contribution < -0.4 is 20.7 Å². The van der Waals surface area contributed by atoms with E-state index in [4.69, 9.17) is 9.84 Å². The molecule has 0 unspecified atom stereocenters. The highest BCUT2D eigenvalue weighted by atomic mass is 16.6. The molecule has 0 aliphatic carbocycles. The number of para-hydroxylation sites is 2. The van der Waals surface area contributed by atoms with Gasteiger partial charge >= 0.3 is 0 Å². The minimum Gasteiger partial charge on any atom is -0.495 e. The fourth-order valence-electron chi connectivity index (χ4n) is 2.25. The van der Waals surface area contributed by atoms with Crippen LogP contribution in [0.5, 0.6) is 5.75 Å². The van der Waals surface area contributed by atoms with Crippen molar-refractivity contribution in [2.45, 2.75) is 0 Å². The summed E-state index contributed by atoms with van der Waals surface area (Å²) in [6.07, 6.45) is 0. The molecule has 0 spiro atoms. The molecule has 2 rings (SSSR count). The van der Waals surface area contributed by atoms with Crippen molar-refractivity contribution >= 4 is 28.7 Å². The number of carbonyl (C=O) groups is 1. The lowest BCUT2D eigenvalue weighted by molar-refractivity contribution is -0.384. The summed E-state index contributed by atoms with van der Waals surface area (Å²) < 4.78 is 5.17. The number of benzene rings is 2. The third-order valence-electron chi connectivity index (χ3n) is 3.46. The number of amides is 1. The van der Waals surface area contributed by atoms with E-state index in [0.717, 1.165) is 0 Å². The first kappa shape index (κ1) is 19.0. The number of methoxy groups -OCH3 is 1. The number of hydrogen-bond donors (Lipinski definition) is 4. The first-order valence-corrected chi connectivity index (χ1v) is 7.85. The number of aliphatic hydroxyl groups is 1. The molecule has 0 fully saturated rings. The van der Waals surface area contributed by atoms with Crippen LogP contribution in [0.2, 0.25) is 0 Å². The number of ether oxygens (including phenoxy) is 1. The predicted octanol–water partition coefficient (Wildman–Crippen LogP) is 2.06. The number of nitrogens with one attached hydrogen (secondary N) is 3. The zero-order valence-electron chi connectivity index (χ0n) is 14.2. The maximum absolute atomic E-state index is 12.2. The van der Waals surface area contributed by atoms with Gasteiger partial charge in [-0.15, -0.1) is 0 Å². The number of anilines is 3. The topological polar surface area (TPSA) is 126 Å². The van der Waals surface area contributed by atoms with Crippen LogP contribution in [-0.4, -0.2) is 42.7 Å². The summed E-state index contributed by atoms with van der Waals surface area (Å²) in [5.41, 5.74) is 1.37. The summed E-state index contributed by atoms with van der Waals surface area (Å²) in [4.78, 5) is 22.6. The van der Waals surface area contributed by atoms with E-state index in [1.54, 1.807) is 24.3 Å². The van der Waals surface area contributed by atoms with Crippen molar-refractivity contribution in [3.8, 4) is 5.75 Å². The van der Waals surface area contributed by atoms with Crippen molar-refractivity contribution in [3.05, 3.63) is 52.6 Å². The highest BCUT2D eigenvalue weighted by Crippen LogP contribution is 2.27. The Morgan fingerprint density at radius 1 is 1.15 bits per heavy atom. The second-order valence-electron chi connectivity index (χ2n) is 5.24. The number of non-ortho nitro benzene ring substituents is 1. The zero-order chi connectivity index (χ0) is 18.9. The van der Waals surface area contributed by atoms with Crippen LogP contribution in [0.15, 0.2) is 42.5 Å². The second-order valence-corrected chi connectivity index (χ2v) is 5.24. The summed E-state index contributed by atoms with van der Waals surface area (Å²) in [5, 5.41) is 28.4. The minimum absolute atomic E-state index is 0.0925. The van der Waals surface area contributed by atoms with Gasteiger partial charge in [0.1, 0.15) is 5.75 Å². The number of aliphatic hydroxyl groups excluding tert-OH is 1. The van der Waals surface area contributed by atoms with Gasteiger partial charge in [0.25, 0.3) is 5.69 Å². The minimum atomic E-state index is -0.518. The van der Waals surface area contributed by atoms with Crippen LogP contribution >= 0.6 is 0 Å². The molecule has 0 bridgehead atoms. The molecule has 2 aromatic rings. The summed E-state index contributed by atoms with van der Waals surface area (Å²) in [6, 6.07) is 11.2. The Morgan fingerprint density at radius 3 is 2.62 bits per heavy atom. The molecule has 0 heterocycles. The summed E-state index contributed by atoms with van der Waals surface area (Å²) >= 11 is 0. The van der Waals surface area contributed by atoms with Gasteiger partial charge in [0.2, 0.25) is 5.91 Å². The highest BCUT2D eigenvalue weighted by molar-refractivity contribution is 5.95. The lowest BCUT2D eigenvalue weighted by Crippen LogP contribution is -2.22. The number of nitro benzene ring substituents is 1. The van der Waals surface area contributed by atoms with E-state index < -0.39 is 4.92 Å². The normalized spacial score (nSPS) is 10.1. The third-order valence-corrected chi connectivity index (χ3v) is 3.46. The molecule has 0 radical (unpaired) electrons. The van der Waals surface area contributed by atoms with Crippen molar-refractivity contribution in [1.29, 1.82) is 0 Å². The van der Waals surface area contributed by atoms with Crippen molar-refractivity contribution in [1.82, 2.24) is 0 Å². The van der Waals surface area contributed by atoms with E-state index in [1.807, 2.05) is 0 Å². The maximum Gasteiger partial charge on any atom is 0.271 e. The Labute approximate surface area is 150 Å². The van der Waals surface area contributed by atoms with E-state index in [2.05, 4.69) is 16.0 Å². The van der Waals surface area contributed by atoms with E-state index in [-0.39, 0.29) is 31.3 Å². The number of rotatable bonds is 9. The zero-order valence-corrected chi connectivity index (χ0v) is 14.2. The van der Waals surface area contributed by atoms with E-state index in [9.17, 15) is 14.9 Å². The molecule has 2 aromatic carbocycles. The van der Waals surface area contributed by atoms with Gasteiger partial charge in [-0.1, -0.05) is 12.1 Å². The summed E-state index contributed by atoms with van der Waals surface area (Å²) in [5.74, 6) is 0.190. The molecule has 9 heteroatoms. The predicted molar refractivity (Wildman–Crippen MR) is 98.8 cm³/mol. The second kappa shape index (κ2) is 9.23. The molecular formula is C17H20N4O5. The van der Waals surface area contributed by atoms with Crippen LogP contribution in [-0.2, 0) is 4.79 Å². The van der Waals surface area contributed by atoms with Crippen molar-refractivity contribution in [2.24, 2.45) is 0 Å². The first-order chi connectivity index (χ1) is 12.5.